The van der Waals surface area contributed by atoms with Crippen LogP contribution in [0.3, 0.4) is 0 Å². The fraction of sp³-hybridized carbons (Fsp3) is 0.273. The number of carbonyl (C=O) groups is 1. The van der Waals surface area contributed by atoms with Crippen LogP contribution in [0.1, 0.15) is 25.8 Å². The van der Waals surface area contributed by atoms with E-state index >= 15 is 0 Å². The van der Waals surface area contributed by atoms with E-state index in [1.54, 1.807) is 12.1 Å². The third-order valence-electron chi connectivity index (χ3n) is 4.53. The molecule has 6 heteroatoms. The summed E-state index contributed by atoms with van der Waals surface area (Å²) in [5.41, 5.74) is 1.55. The van der Waals surface area contributed by atoms with E-state index in [9.17, 15) is 9.59 Å². The van der Waals surface area contributed by atoms with E-state index in [-0.39, 0.29) is 35.5 Å². The Labute approximate surface area is 168 Å². The largest absolute Gasteiger partial charge is 0.476 e. The van der Waals surface area contributed by atoms with Gasteiger partial charge in [-0.05, 0) is 38.0 Å². The van der Waals surface area contributed by atoms with Crippen LogP contribution < -0.4 is 15.5 Å². The second-order valence-corrected chi connectivity index (χ2v) is 7.13. The lowest BCUT2D eigenvalue weighted by Gasteiger charge is -2.14. The SMILES string of the molecule is CC[C@@H](C)NC(=O)COc1c(-c2ccccc2)oc2cc(C)c(Cl)cc2c1=O. The van der Waals surface area contributed by atoms with Crippen LogP contribution in [0.2, 0.25) is 5.02 Å². The van der Waals surface area contributed by atoms with Gasteiger partial charge in [-0.25, -0.2) is 0 Å². The van der Waals surface area contributed by atoms with Crippen LogP contribution in [-0.2, 0) is 4.79 Å². The fourth-order valence-electron chi connectivity index (χ4n) is 2.77. The lowest BCUT2D eigenvalue weighted by molar-refractivity contribution is -0.123. The summed E-state index contributed by atoms with van der Waals surface area (Å²) in [4.78, 5) is 25.2. The molecule has 0 bridgehead atoms. The van der Waals surface area contributed by atoms with Crippen molar-refractivity contribution in [1.29, 1.82) is 0 Å². The van der Waals surface area contributed by atoms with E-state index in [1.165, 1.54) is 0 Å². The van der Waals surface area contributed by atoms with Crippen molar-refractivity contribution in [2.24, 2.45) is 0 Å². The van der Waals surface area contributed by atoms with Gasteiger partial charge in [0.25, 0.3) is 5.91 Å². The molecule has 0 radical (unpaired) electrons. The molecule has 0 aliphatic carbocycles. The predicted octanol–water partition coefficient (Wildman–Crippen LogP) is 4.72. The van der Waals surface area contributed by atoms with Crippen molar-refractivity contribution in [3.05, 3.63) is 63.3 Å². The third kappa shape index (κ3) is 4.20. The summed E-state index contributed by atoms with van der Waals surface area (Å²) in [7, 11) is 0. The maximum Gasteiger partial charge on any atom is 0.258 e. The highest BCUT2D eigenvalue weighted by atomic mass is 35.5. The zero-order valence-electron chi connectivity index (χ0n) is 16.0. The van der Waals surface area contributed by atoms with Crippen molar-refractivity contribution in [3.63, 3.8) is 0 Å². The molecule has 0 saturated carbocycles. The number of carbonyl (C=O) groups excluding carboxylic acids is 1. The fourth-order valence-corrected chi connectivity index (χ4v) is 2.93. The highest BCUT2D eigenvalue weighted by molar-refractivity contribution is 6.32. The Kier molecular flexibility index (Phi) is 6.05. The van der Waals surface area contributed by atoms with Crippen LogP contribution >= 0.6 is 11.6 Å². The highest BCUT2D eigenvalue weighted by Crippen LogP contribution is 2.32. The molecule has 1 atom stereocenters. The van der Waals surface area contributed by atoms with E-state index in [4.69, 9.17) is 20.8 Å². The van der Waals surface area contributed by atoms with Crippen LogP contribution in [0, 0.1) is 6.92 Å². The lowest BCUT2D eigenvalue weighted by atomic mass is 10.1. The number of fused-ring (bicyclic) bond motifs is 1. The molecule has 0 fully saturated rings. The summed E-state index contributed by atoms with van der Waals surface area (Å²) >= 11 is 6.18. The minimum Gasteiger partial charge on any atom is -0.476 e. The van der Waals surface area contributed by atoms with Gasteiger partial charge in [-0.3, -0.25) is 9.59 Å². The van der Waals surface area contributed by atoms with Gasteiger partial charge in [0, 0.05) is 16.6 Å². The number of amides is 1. The zero-order valence-corrected chi connectivity index (χ0v) is 16.8. The first-order valence-electron chi connectivity index (χ1n) is 9.15. The van der Waals surface area contributed by atoms with E-state index in [0.717, 1.165) is 12.0 Å². The van der Waals surface area contributed by atoms with Gasteiger partial charge >= 0.3 is 0 Å². The van der Waals surface area contributed by atoms with Crippen LogP contribution in [-0.4, -0.2) is 18.6 Å². The van der Waals surface area contributed by atoms with E-state index in [2.05, 4.69) is 5.32 Å². The molecular weight excluding hydrogens is 378 g/mol. The predicted molar refractivity (Wildman–Crippen MR) is 111 cm³/mol. The molecule has 1 amide bonds. The molecule has 3 rings (SSSR count). The molecule has 0 aliphatic heterocycles. The Hall–Kier alpha value is -2.79. The summed E-state index contributed by atoms with van der Waals surface area (Å²) < 4.78 is 11.7. The summed E-state index contributed by atoms with van der Waals surface area (Å²) in [5, 5.41) is 3.59. The number of halogens is 1. The normalized spacial score (nSPS) is 12.0. The number of nitrogens with one attached hydrogen (secondary N) is 1. The summed E-state index contributed by atoms with van der Waals surface area (Å²) in [6, 6.07) is 12.5. The van der Waals surface area contributed by atoms with Crippen molar-refractivity contribution in [2.75, 3.05) is 6.61 Å². The molecule has 2 aromatic carbocycles. The molecule has 1 aromatic heterocycles. The van der Waals surface area contributed by atoms with E-state index in [0.29, 0.717) is 21.6 Å². The van der Waals surface area contributed by atoms with E-state index < -0.39 is 0 Å². The third-order valence-corrected chi connectivity index (χ3v) is 4.94. The first-order valence-corrected chi connectivity index (χ1v) is 9.53. The standard InChI is InChI=1S/C22H22ClNO4/c1-4-14(3)24-19(25)12-27-22-20(26)16-11-17(23)13(2)10-18(16)28-21(22)15-8-6-5-7-9-15/h5-11,14H,4,12H2,1-3H3,(H,24,25)/t14-/m1/s1. The second kappa shape index (κ2) is 8.48. The van der Waals surface area contributed by atoms with Gasteiger partial charge < -0.3 is 14.5 Å². The van der Waals surface area contributed by atoms with Crippen molar-refractivity contribution >= 4 is 28.5 Å². The topological polar surface area (TPSA) is 68.5 Å². The summed E-state index contributed by atoms with van der Waals surface area (Å²) in [6.45, 7) is 5.44. The average Bonchev–Trinajstić information content (AvgIpc) is 2.69. The molecule has 1 N–H and O–H groups in total. The molecule has 3 aromatic rings. The quantitative estimate of drug-likeness (QED) is 0.651. The van der Waals surface area contributed by atoms with Crippen molar-refractivity contribution in [3.8, 4) is 17.1 Å². The molecule has 28 heavy (non-hydrogen) atoms. The van der Waals surface area contributed by atoms with Gasteiger partial charge in [0.05, 0.1) is 5.39 Å². The van der Waals surface area contributed by atoms with Crippen molar-refractivity contribution < 1.29 is 13.9 Å². The van der Waals surface area contributed by atoms with Crippen molar-refractivity contribution in [2.45, 2.75) is 33.2 Å². The van der Waals surface area contributed by atoms with Gasteiger partial charge in [-0.2, -0.15) is 0 Å². The van der Waals surface area contributed by atoms with E-state index in [1.807, 2.05) is 51.1 Å². The van der Waals surface area contributed by atoms with Crippen LogP contribution in [0.5, 0.6) is 5.75 Å². The van der Waals surface area contributed by atoms with Crippen molar-refractivity contribution in [1.82, 2.24) is 5.32 Å². The average molecular weight is 400 g/mol. The number of hydrogen-bond acceptors (Lipinski definition) is 4. The molecule has 0 saturated heterocycles. The Morgan fingerprint density at radius 2 is 1.96 bits per heavy atom. The van der Waals surface area contributed by atoms with Gasteiger partial charge in [0.15, 0.2) is 12.4 Å². The van der Waals surface area contributed by atoms with Gasteiger partial charge in [0.2, 0.25) is 11.2 Å². The van der Waals surface area contributed by atoms with Crippen LogP contribution in [0.4, 0.5) is 0 Å². The smallest absolute Gasteiger partial charge is 0.258 e. The molecule has 5 nitrogen and oxygen atoms in total. The molecular formula is C22H22ClNO4. The minimum atomic E-state index is -0.363. The minimum absolute atomic E-state index is 0.00192. The first kappa shape index (κ1) is 20.0. The molecule has 0 unspecified atom stereocenters. The molecule has 146 valence electrons. The molecule has 1 heterocycles. The number of hydrogen-bond donors (Lipinski definition) is 1. The number of ether oxygens (including phenoxy) is 1. The molecule has 0 spiro atoms. The maximum absolute atomic E-state index is 13.1. The summed E-state index contributed by atoms with van der Waals surface area (Å²) in [5.74, 6) is -0.0103. The lowest BCUT2D eigenvalue weighted by Crippen LogP contribution is -2.36. The van der Waals surface area contributed by atoms with Gasteiger partial charge in [-0.15, -0.1) is 0 Å². The second-order valence-electron chi connectivity index (χ2n) is 6.72. The number of rotatable bonds is 6. The van der Waals surface area contributed by atoms with Gasteiger partial charge in [0.1, 0.15) is 5.58 Å². The number of aryl methyl sites for hydroxylation is 1. The Balaban J connectivity index is 2.08. The summed E-state index contributed by atoms with van der Waals surface area (Å²) in [6.07, 6.45) is 0.803. The Morgan fingerprint density at radius 1 is 1.25 bits per heavy atom. The number of benzene rings is 2. The molecule has 0 aliphatic rings. The first-order chi connectivity index (χ1) is 13.4. The Bertz CT molecular complexity index is 1060. The highest BCUT2D eigenvalue weighted by Gasteiger charge is 2.20. The Morgan fingerprint density at radius 3 is 2.64 bits per heavy atom. The zero-order chi connectivity index (χ0) is 20.3. The van der Waals surface area contributed by atoms with Crippen LogP contribution in [0.25, 0.3) is 22.3 Å². The monoisotopic (exact) mass is 399 g/mol. The van der Waals surface area contributed by atoms with Gasteiger partial charge in [-0.1, -0.05) is 48.9 Å². The maximum atomic E-state index is 13.1. The van der Waals surface area contributed by atoms with Crippen LogP contribution in [0.15, 0.2) is 51.7 Å².